The van der Waals surface area contributed by atoms with Crippen LogP contribution in [0.3, 0.4) is 0 Å². The maximum atomic E-state index is 12.3. The first-order chi connectivity index (χ1) is 10.1. The van der Waals surface area contributed by atoms with Crippen LogP contribution in [0, 0.1) is 0 Å². The lowest BCUT2D eigenvalue weighted by atomic mass is 10.2. The summed E-state index contributed by atoms with van der Waals surface area (Å²) in [6.07, 6.45) is 0. The molecule has 1 aromatic heterocycles. The van der Waals surface area contributed by atoms with Crippen LogP contribution in [0.2, 0.25) is 0 Å². The molecule has 0 amide bonds. The van der Waals surface area contributed by atoms with Crippen LogP contribution >= 0.6 is 11.3 Å². The summed E-state index contributed by atoms with van der Waals surface area (Å²) in [4.78, 5) is 14.1. The highest BCUT2D eigenvalue weighted by molar-refractivity contribution is 7.12. The van der Waals surface area contributed by atoms with E-state index in [1.807, 2.05) is 30.3 Å². The third kappa shape index (κ3) is 4.28. The quantitative estimate of drug-likeness (QED) is 0.790. The number of ketones is 1. The van der Waals surface area contributed by atoms with Crippen LogP contribution in [0.25, 0.3) is 0 Å². The molecule has 1 aromatic carbocycles. The molecule has 1 N–H and O–H groups in total. The summed E-state index contributed by atoms with van der Waals surface area (Å²) in [6, 6.07) is 12.7. The fourth-order valence-electron chi connectivity index (χ4n) is 1.71. The third-order valence-corrected chi connectivity index (χ3v) is 3.46. The van der Waals surface area contributed by atoms with E-state index in [2.05, 4.69) is 0 Å². The summed E-state index contributed by atoms with van der Waals surface area (Å²) in [7, 11) is 0. The number of carbonyl (C=O) groups excluding carboxylic acids is 1. The number of hydrogen-bond donors (Lipinski definition) is 1. The highest BCUT2D eigenvalue weighted by Crippen LogP contribution is 2.11. The van der Waals surface area contributed by atoms with E-state index in [9.17, 15) is 9.90 Å². The Balaban J connectivity index is 2.21. The minimum Gasteiger partial charge on any atom is -0.395 e. The summed E-state index contributed by atoms with van der Waals surface area (Å²) in [5, 5.41) is 10.9. The van der Waals surface area contributed by atoms with Gasteiger partial charge < -0.3 is 5.11 Å². The number of benzene rings is 1. The maximum Gasteiger partial charge on any atom is 0.186 e. The molecule has 0 aliphatic carbocycles. The van der Waals surface area contributed by atoms with Crippen molar-refractivity contribution >= 4 is 17.1 Å². The lowest BCUT2D eigenvalue weighted by Gasteiger charge is -2.20. The molecule has 3 nitrogen and oxygen atoms in total. The Kier molecular flexibility index (Phi) is 4.29. The number of hydrogen-bond acceptors (Lipinski definition) is 4. The van der Waals surface area contributed by atoms with E-state index in [4.69, 9.17) is 2.74 Å². The summed E-state index contributed by atoms with van der Waals surface area (Å²) in [5.41, 5.74) is 0.897. The third-order valence-electron chi connectivity index (χ3n) is 2.59. The molecule has 4 heteroatoms. The number of thiophene rings is 1. The Morgan fingerprint density at radius 2 is 2.05 bits per heavy atom. The minimum absolute atomic E-state index is 0.0962. The number of rotatable bonds is 7. The zero-order valence-electron chi connectivity index (χ0n) is 12.5. The SMILES string of the molecule is [2H]C([2H])(C(=O)c1cccs1)N(CCO)Cc1ccccc1. The van der Waals surface area contributed by atoms with E-state index in [1.165, 1.54) is 16.2 Å². The minimum atomic E-state index is -2.15. The van der Waals surface area contributed by atoms with E-state index in [1.54, 1.807) is 17.5 Å². The monoisotopic (exact) mass is 277 g/mol. The molecule has 0 saturated carbocycles. The molecule has 0 aliphatic rings. The van der Waals surface area contributed by atoms with Crippen molar-refractivity contribution in [2.45, 2.75) is 6.54 Å². The van der Waals surface area contributed by atoms with Gasteiger partial charge in [-0.25, -0.2) is 0 Å². The summed E-state index contributed by atoms with van der Waals surface area (Å²) < 4.78 is 16.3. The van der Waals surface area contributed by atoms with E-state index in [0.29, 0.717) is 4.88 Å². The maximum absolute atomic E-state index is 12.3. The van der Waals surface area contributed by atoms with Crippen molar-refractivity contribution in [3.05, 3.63) is 58.3 Å². The standard InChI is InChI=1S/C15H17NO2S/c17-9-8-16(11-13-5-2-1-3-6-13)12-14(18)15-7-4-10-19-15/h1-7,10,17H,8-9,11-12H2/i12D2. The first kappa shape index (κ1) is 11.3. The Bertz CT molecular complexity index is 573. The van der Waals surface area contributed by atoms with Crippen LogP contribution in [0.4, 0.5) is 0 Å². The van der Waals surface area contributed by atoms with Gasteiger partial charge in [-0.15, -0.1) is 11.3 Å². The van der Waals surface area contributed by atoms with Gasteiger partial charge in [0.25, 0.3) is 0 Å². The van der Waals surface area contributed by atoms with Gasteiger partial charge in [0, 0.05) is 13.1 Å². The Labute approximate surface area is 119 Å². The molecule has 2 rings (SSSR count). The van der Waals surface area contributed by atoms with Crippen LogP contribution < -0.4 is 0 Å². The van der Waals surface area contributed by atoms with Crippen molar-refractivity contribution in [2.24, 2.45) is 0 Å². The first-order valence-electron chi connectivity index (χ1n) is 7.04. The number of aliphatic hydroxyl groups excluding tert-OH is 1. The highest BCUT2D eigenvalue weighted by atomic mass is 32.1. The van der Waals surface area contributed by atoms with Gasteiger partial charge in [-0.3, -0.25) is 9.69 Å². The van der Waals surface area contributed by atoms with Crippen molar-refractivity contribution in [3.63, 3.8) is 0 Å². The summed E-state index contributed by atoms with van der Waals surface area (Å²) >= 11 is 1.22. The molecule has 1 heterocycles. The Morgan fingerprint density at radius 1 is 1.26 bits per heavy atom. The van der Waals surface area contributed by atoms with Crippen LogP contribution in [-0.4, -0.2) is 35.4 Å². The fraction of sp³-hybridized carbons (Fsp3) is 0.267. The van der Waals surface area contributed by atoms with Gasteiger partial charge in [-0.05, 0) is 17.0 Å². The van der Waals surface area contributed by atoms with Crippen molar-refractivity contribution in [1.82, 2.24) is 4.90 Å². The van der Waals surface area contributed by atoms with Gasteiger partial charge in [0.05, 0.1) is 20.7 Å². The predicted octanol–water partition coefficient (Wildman–Crippen LogP) is 2.43. The molecule has 0 unspecified atom stereocenters. The number of carbonyl (C=O) groups is 1. The molecule has 0 radical (unpaired) electrons. The average molecular weight is 277 g/mol. The van der Waals surface area contributed by atoms with E-state index in [-0.39, 0.29) is 19.7 Å². The molecule has 19 heavy (non-hydrogen) atoms. The molecular formula is C15H17NO2S. The molecule has 0 spiro atoms. The van der Waals surface area contributed by atoms with E-state index in [0.717, 1.165) is 5.56 Å². The van der Waals surface area contributed by atoms with Gasteiger partial charge in [-0.2, -0.15) is 0 Å². The second kappa shape index (κ2) is 7.19. The van der Waals surface area contributed by atoms with Crippen LogP contribution in [0.1, 0.15) is 18.0 Å². The number of nitrogens with zero attached hydrogens (tertiary/aromatic N) is 1. The van der Waals surface area contributed by atoms with Crippen molar-refractivity contribution < 1.29 is 12.6 Å². The van der Waals surface area contributed by atoms with E-state index < -0.39 is 12.3 Å². The largest absolute Gasteiger partial charge is 0.395 e. The van der Waals surface area contributed by atoms with Crippen LogP contribution in [-0.2, 0) is 6.54 Å². The molecule has 2 aromatic rings. The molecule has 0 atom stereocenters. The van der Waals surface area contributed by atoms with Gasteiger partial charge >= 0.3 is 0 Å². The summed E-state index contributed by atoms with van der Waals surface area (Å²) in [6.45, 7) is -1.99. The molecule has 0 bridgehead atoms. The second-order valence-corrected chi connectivity index (χ2v) is 5.00. The number of aliphatic hydroxyl groups is 1. The van der Waals surface area contributed by atoms with E-state index >= 15 is 0 Å². The second-order valence-electron chi connectivity index (χ2n) is 4.05. The first-order valence-corrected chi connectivity index (χ1v) is 6.92. The van der Waals surface area contributed by atoms with Gasteiger partial charge in [0.15, 0.2) is 5.78 Å². The molecule has 100 valence electrons. The summed E-state index contributed by atoms with van der Waals surface area (Å²) in [5.74, 6) is -0.568. The van der Waals surface area contributed by atoms with Crippen LogP contribution in [0.5, 0.6) is 0 Å². The molecule has 0 fully saturated rings. The molecular weight excluding hydrogens is 258 g/mol. The van der Waals surface area contributed by atoms with Crippen molar-refractivity contribution in [1.29, 1.82) is 0 Å². The van der Waals surface area contributed by atoms with Crippen molar-refractivity contribution in [2.75, 3.05) is 19.6 Å². The number of Topliss-reactive ketones (excluding diaryl/α,β-unsaturated/α-hetero) is 1. The highest BCUT2D eigenvalue weighted by Gasteiger charge is 2.13. The molecule has 0 saturated heterocycles. The topological polar surface area (TPSA) is 40.5 Å². The van der Waals surface area contributed by atoms with Gasteiger partial charge in [0.2, 0.25) is 0 Å². The lowest BCUT2D eigenvalue weighted by molar-refractivity contribution is 0.0912. The zero-order valence-corrected chi connectivity index (χ0v) is 11.3. The normalized spacial score (nSPS) is 13.2. The van der Waals surface area contributed by atoms with Gasteiger partial charge in [0.1, 0.15) is 0 Å². The van der Waals surface area contributed by atoms with Crippen molar-refractivity contribution in [3.8, 4) is 0 Å². The smallest absolute Gasteiger partial charge is 0.186 e. The predicted molar refractivity (Wildman–Crippen MR) is 77.5 cm³/mol. The molecule has 0 aliphatic heterocycles. The Morgan fingerprint density at radius 3 is 2.68 bits per heavy atom. The van der Waals surface area contributed by atoms with Crippen LogP contribution in [0.15, 0.2) is 47.8 Å². The Hall–Kier alpha value is -1.49. The van der Waals surface area contributed by atoms with Gasteiger partial charge in [-0.1, -0.05) is 36.4 Å². The average Bonchev–Trinajstić information content (AvgIpc) is 3.01. The zero-order chi connectivity index (χ0) is 15.3. The lowest BCUT2D eigenvalue weighted by Crippen LogP contribution is -2.31. The fourth-order valence-corrected chi connectivity index (χ4v) is 2.32.